The van der Waals surface area contributed by atoms with Crippen LogP contribution in [-0.4, -0.2) is 43.3 Å². The Labute approximate surface area is 81.0 Å². The van der Waals surface area contributed by atoms with Gasteiger partial charge in [0.1, 0.15) is 0 Å². The van der Waals surface area contributed by atoms with Gasteiger partial charge in [0.15, 0.2) is 0 Å². The van der Waals surface area contributed by atoms with Gasteiger partial charge in [0.05, 0.1) is 0 Å². The highest BCUT2D eigenvalue weighted by Gasteiger charge is 2.08. The summed E-state index contributed by atoms with van der Waals surface area (Å²) in [6.45, 7) is 7.85. The number of hydrogen-bond acceptors (Lipinski definition) is 3. The van der Waals surface area contributed by atoms with Gasteiger partial charge in [-0.1, -0.05) is 6.92 Å². The third-order valence-corrected chi connectivity index (χ3v) is 2.59. The SMILES string of the molecule is CCC(=N)CCCN1CCNCC1. The third-order valence-electron chi connectivity index (χ3n) is 2.59. The van der Waals surface area contributed by atoms with E-state index in [2.05, 4.69) is 17.1 Å². The zero-order chi connectivity index (χ0) is 9.52. The molecule has 1 saturated heterocycles. The van der Waals surface area contributed by atoms with Crippen LogP contribution in [0.15, 0.2) is 0 Å². The summed E-state index contributed by atoms with van der Waals surface area (Å²) in [5, 5.41) is 10.9. The normalized spacial score (nSPS) is 18.8. The molecule has 0 aromatic rings. The summed E-state index contributed by atoms with van der Waals surface area (Å²) in [6, 6.07) is 0. The first kappa shape index (κ1) is 10.7. The van der Waals surface area contributed by atoms with Gasteiger partial charge in [0.2, 0.25) is 0 Å². The number of piperazine rings is 1. The van der Waals surface area contributed by atoms with Crippen LogP contribution in [-0.2, 0) is 0 Å². The molecule has 13 heavy (non-hydrogen) atoms. The van der Waals surface area contributed by atoms with Gasteiger partial charge in [-0.15, -0.1) is 0 Å². The molecule has 1 aliphatic rings. The number of nitrogens with zero attached hydrogens (tertiary/aromatic N) is 1. The molecule has 2 N–H and O–H groups in total. The molecule has 1 heterocycles. The minimum atomic E-state index is 0.898. The Morgan fingerprint density at radius 3 is 2.69 bits per heavy atom. The van der Waals surface area contributed by atoms with E-state index >= 15 is 0 Å². The Morgan fingerprint density at radius 1 is 1.38 bits per heavy atom. The Morgan fingerprint density at radius 2 is 2.08 bits per heavy atom. The molecule has 0 atom stereocenters. The monoisotopic (exact) mass is 183 g/mol. The molecule has 0 aromatic heterocycles. The van der Waals surface area contributed by atoms with Gasteiger partial charge in [0.25, 0.3) is 0 Å². The van der Waals surface area contributed by atoms with Crippen LogP contribution in [0.1, 0.15) is 26.2 Å². The van der Waals surface area contributed by atoms with E-state index in [-0.39, 0.29) is 0 Å². The minimum Gasteiger partial charge on any atom is -0.314 e. The van der Waals surface area contributed by atoms with Crippen LogP contribution >= 0.6 is 0 Å². The summed E-state index contributed by atoms with van der Waals surface area (Å²) in [5.74, 6) is 0. The van der Waals surface area contributed by atoms with Crippen LogP contribution in [0.2, 0.25) is 0 Å². The predicted octanol–water partition coefficient (Wildman–Crippen LogP) is 1.10. The summed E-state index contributed by atoms with van der Waals surface area (Å²) in [6.07, 6.45) is 3.06. The van der Waals surface area contributed by atoms with Crippen molar-refractivity contribution in [2.75, 3.05) is 32.7 Å². The topological polar surface area (TPSA) is 39.1 Å². The lowest BCUT2D eigenvalue weighted by Crippen LogP contribution is -2.43. The zero-order valence-corrected chi connectivity index (χ0v) is 8.60. The van der Waals surface area contributed by atoms with Gasteiger partial charge in [-0.3, -0.25) is 0 Å². The van der Waals surface area contributed by atoms with E-state index in [0.717, 1.165) is 38.1 Å². The van der Waals surface area contributed by atoms with Crippen LogP contribution in [0.25, 0.3) is 0 Å². The summed E-state index contributed by atoms with van der Waals surface area (Å²) in [7, 11) is 0. The average molecular weight is 183 g/mol. The molecule has 0 aliphatic carbocycles. The number of nitrogens with one attached hydrogen (secondary N) is 2. The van der Waals surface area contributed by atoms with E-state index in [1.165, 1.54) is 19.6 Å². The fourth-order valence-corrected chi connectivity index (χ4v) is 1.63. The Balaban J connectivity index is 2.01. The number of hydrogen-bond donors (Lipinski definition) is 2. The molecule has 0 radical (unpaired) electrons. The Kier molecular flexibility index (Phi) is 5.01. The lowest BCUT2D eigenvalue weighted by molar-refractivity contribution is 0.239. The van der Waals surface area contributed by atoms with Gasteiger partial charge in [-0.05, 0) is 25.8 Å². The van der Waals surface area contributed by atoms with E-state index in [1.54, 1.807) is 0 Å². The van der Waals surface area contributed by atoms with Gasteiger partial charge in [-0.2, -0.15) is 0 Å². The second-order valence-corrected chi connectivity index (χ2v) is 3.65. The largest absolute Gasteiger partial charge is 0.314 e. The minimum absolute atomic E-state index is 0.898. The predicted molar refractivity (Wildman–Crippen MR) is 56.6 cm³/mol. The van der Waals surface area contributed by atoms with Crippen molar-refractivity contribution < 1.29 is 0 Å². The maximum Gasteiger partial charge on any atom is 0.0107 e. The van der Waals surface area contributed by atoms with Crippen molar-refractivity contribution >= 4 is 5.71 Å². The van der Waals surface area contributed by atoms with Gasteiger partial charge in [-0.25, -0.2) is 0 Å². The molecule has 3 nitrogen and oxygen atoms in total. The zero-order valence-electron chi connectivity index (χ0n) is 8.60. The Hall–Kier alpha value is -0.410. The fourth-order valence-electron chi connectivity index (χ4n) is 1.63. The number of rotatable bonds is 5. The van der Waals surface area contributed by atoms with Crippen LogP contribution in [0, 0.1) is 5.41 Å². The molecule has 0 saturated carbocycles. The van der Waals surface area contributed by atoms with E-state index in [9.17, 15) is 0 Å². The Bertz CT molecular complexity index is 150. The van der Waals surface area contributed by atoms with Crippen LogP contribution in [0.3, 0.4) is 0 Å². The molecular formula is C10H21N3. The highest BCUT2D eigenvalue weighted by Crippen LogP contribution is 1.99. The first-order valence-corrected chi connectivity index (χ1v) is 5.32. The second-order valence-electron chi connectivity index (χ2n) is 3.65. The summed E-state index contributed by atoms with van der Waals surface area (Å²) >= 11 is 0. The van der Waals surface area contributed by atoms with Gasteiger partial charge >= 0.3 is 0 Å². The lowest BCUT2D eigenvalue weighted by atomic mass is 10.1. The van der Waals surface area contributed by atoms with Crippen molar-refractivity contribution in [2.45, 2.75) is 26.2 Å². The molecule has 0 unspecified atom stereocenters. The van der Waals surface area contributed by atoms with Crippen molar-refractivity contribution in [1.82, 2.24) is 10.2 Å². The third kappa shape index (κ3) is 4.39. The van der Waals surface area contributed by atoms with Crippen LogP contribution < -0.4 is 5.32 Å². The standard InChI is InChI=1S/C10H21N3/c1-2-10(11)4-3-7-13-8-5-12-6-9-13/h11-12H,2-9H2,1H3. The smallest absolute Gasteiger partial charge is 0.0107 e. The van der Waals surface area contributed by atoms with E-state index in [0.29, 0.717) is 0 Å². The fraction of sp³-hybridized carbons (Fsp3) is 0.900. The maximum absolute atomic E-state index is 7.52. The van der Waals surface area contributed by atoms with E-state index in [4.69, 9.17) is 5.41 Å². The highest BCUT2D eigenvalue weighted by atomic mass is 15.2. The van der Waals surface area contributed by atoms with Crippen molar-refractivity contribution in [3.8, 4) is 0 Å². The molecule has 76 valence electrons. The molecule has 1 rings (SSSR count). The maximum atomic E-state index is 7.52. The first-order valence-electron chi connectivity index (χ1n) is 5.32. The molecular weight excluding hydrogens is 162 g/mol. The molecule has 1 fully saturated rings. The van der Waals surface area contributed by atoms with E-state index in [1.807, 2.05) is 0 Å². The summed E-state index contributed by atoms with van der Waals surface area (Å²) < 4.78 is 0. The highest BCUT2D eigenvalue weighted by molar-refractivity contribution is 5.80. The van der Waals surface area contributed by atoms with Gasteiger partial charge in [0, 0.05) is 31.9 Å². The van der Waals surface area contributed by atoms with Crippen molar-refractivity contribution in [3.05, 3.63) is 0 Å². The molecule has 1 aliphatic heterocycles. The lowest BCUT2D eigenvalue weighted by Gasteiger charge is -2.26. The van der Waals surface area contributed by atoms with Crippen molar-refractivity contribution in [1.29, 1.82) is 5.41 Å². The first-order chi connectivity index (χ1) is 6.33. The molecule has 0 aromatic carbocycles. The van der Waals surface area contributed by atoms with E-state index < -0.39 is 0 Å². The quantitative estimate of drug-likeness (QED) is 0.627. The van der Waals surface area contributed by atoms with Crippen molar-refractivity contribution in [3.63, 3.8) is 0 Å². The molecule has 3 heteroatoms. The average Bonchev–Trinajstić information content (AvgIpc) is 2.19. The second kappa shape index (κ2) is 6.11. The molecule has 0 bridgehead atoms. The summed E-state index contributed by atoms with van der Waals surface area (Å²) in [5.41, 5.74) is 0.898. The summed E-state index contributed by atoms with van der Waals surface area (Å²) in [4.78, 5) is 2.49. The molecule has 0 spiro atoms. The van der Waals surface area contributed by atoms with Crippen LogP contribution in [0.4, 0.5) is 0 Å². The van der Waals surface area contributed by atoms with Gasteiger partial charge < -0.3 is 15.6 Å². The van der Waals surface area contributed by atoms with Crippen LogP contribution in [0.5, 0.6) is 0 Å². The van der Waals surface area contributed by atoms with Crippen molar-refractivity contribution in [2.24, 2.45) is 0 Å². The molecule has 0 amide bonds.